The molecule has 2 rings (SSSR count). The molecule has 1 saturated carbocycles. The van der Waals surface area contributed by atoms with Gasteiger partial charge in [-0.05, 0) is 19.8 Å². The maximum atomic E-state index is 11.7. The third-order valence-corrected chi connectivity index (χ3v) is 3.42. The fourth-order valence-electron chi connectivity index (χ4n) is 2.38. The molecule has 1 atom stereocenters. The van der Waals surface area contributed by atoms with Crippen LogP contribution in [0.25, 0.3) is 0 Å². The first kappa shape index (κ1) is 13.8. The molecule has 1 aromatic heterocycles. The van der Waals surface area contributed by atoms with E-state index >= 15 is 0 Å². The molecule has 1 heterocycles. The van der Waals surface area contributed by atoms with Gasteiger partial charge in [-0.15, -0.1) is 0 Å². The predicted molar refractivity (Wildman–Crippen MR) is 69.4 cm³/mol. The van der Waals surface area contributed by atoms with Gasteiger partial charge in [0.05, 0.1) is 12.1 Å². The van der Waals surface area contributed by atoms with E-state index in [1.54, 1.807) is 11.0 Å². The Labute approximate surface area is 112 Å². The van der Waals surface area contributed by atoms with Crippen LogP contribution >= 0.6 is 0 Å². The smallest absolute Gasteiger partial charge is 0.315 e. The van der Waals surface area contributed by atoms with Crippen LogP contribution in [0.2, 0.25) is 0 Å². The van der Waals surface area contributed by atoms with E-state index in [9.17, 15) is 9.90 Å². The van der Waals surface area contributed by atoms with Gasteiger partial charge in [0, 0.05) is 12.6 Å². The van der Waals surface area contributed by atoms with Crippen LogP contribution in [0.5, 0.6) is 0 Å². The summed E-state index contributed by atoms with van der Waals surface area (Å²) in [5.41, 5.74) is -0.716. The lowest BCUT2D eigenvalue weighted by Gasteiger charge is -2.23. The van der Waals surface area contributed by atoms with Gasteiger partial charge in [0.15, 0.2) is 0 Å². The SMILES string of the molecule is CC(Cn1cncn1)NC(=O)NCC1(O)CCCC1. The minimum absolute atomic E-state index is 0.0556. The first-order chi connectivity index (χ1) is 9.07. The minimum atomic E-state index is -0.716. The van der Waals surface area contributed by atoms with Crippen molar-refractivity contribution in [3.8, 4) is 0 Å². The summed E-state index contributed by atoms with van der Waals surface area (Å²) in [6, 6.07) is -0.312. The molecular weight excluding hydrogens is 246 g/mol. The summed E-state index contributed by atoms with van der Waals surface area (Å²) in [7, 11) is 0. The van der Waals surface area contributed by atoms with Crippen molar-refractivity contribution in [3.63, 3.8) is 0 Å². The molecular formula is C12H21N5O2. The van der Waals surface area contributed by atoms with Crippen LogP contribution in [0, 0.1) is 0 Å². The molecule has 1 aliphatic rings. The van der Waals surface area contributed by atoms with E-state index in [1.165, 1.54) is 6.33 Å². The Morgan fingerprint density at radius 2 is 2.26 bits per heavy atom. The van der Waals surface area contributed by atoms with Gasteiger partial charge in [0.25, 0.3) is 0 Å². The molecule has 0 bridgehead atoms. The molecule has 0 saturated heterocycles. The van der Waals surface area contributed by atoms with Gasteiger partial charge in [-0.2, -0.15) is 5.10 Å². The van der Waals surface area contributed by atoms with Gasteiger partial charge < -0.3 is 15.7 Å². The molecule has 1 fully saturated rings. The van der Waals surface area contributed by atoms with E-state index in [0.717, 1.165) is 25.7 Å². The molecule has 0 aliphatic heterocycles. The molecule has 2 amide bonds. The van der Waals surface area contributed by atoms with Crippen molar-refractivity contribution >= 4 is 6.03 Å². The largest absolute Gasteiger partial charge is 0.388 e. The molecule has 1 aromatic rings. The molecule has 106 valence electrons. The highest BCUT2D eigenvalue weighted by Gasteiger charge is 2.31. The predicted octanol–water partition coefficient (Wildman–Crippen LogP) is 0.271. The van der Waals surface area contributed by atoms with E-state index in [4.69, 9.17) is 0 Å². The minimum Gasteiger partial charge on any atom is -0.388 e. The summed E-state index contributed by atoms with van der Waals surface area (Å²) in [6.07, 6.45) is 6.66. The summed E-state index contributed by atoms with van der Waals surface area (Å²) < 4.78 is 1.66. The van der Waals surface area contributed by atoms with E-state index < -0.39 is 5.60 Å². The topological polar surface area (TPSA) is 92.1 Å². The number of hydrogen-bond donors (Lipinski definition) is 3. The quantitative estimate of drug-likeness (QED) is 0.714. The summed E-state index contributed by atoms with van der Waals surface area (Å²) in [5.74, 6) is 0. The lowest BCUT2D eigenvalue weighted by atomic mass is 10.0. The zero-order valence-electron chi connectivity index (χ0n) is 11.2. The van der Waals surface area contributed by atoms with E-state index in [1.807, 2.05) is 6.92 Å². The van der Waals surface area contributed by atoms with Crippen molar-refractivity contribution in [3.05, 3.63) is 12.7 Å². The second-order valence-electron chi connectivity index (χ2n) is 5.28. The van der Waals surface area contributed by atoms with Crippen LogP contribution in [-0.2, 0) is 6.54 Å². The number of hydrogen-bond acceptors (Lipinski definition) is 4. The van der Waals surface area contributed by atoms with Crippen molar-refractivity contribution in [1.82, 2.24) is 25.4 Å². The summed E-state index contributed by atoms with van der Waals surface area (Å²) in [5, 5.41) is 19.6. The molecule has 0 aromatic carbocycles. The third-order valence-electron chi connectivity index (χ3n) is 3.42. The molecule has 19 heavy (non-hydrogen) atoms. The molecule has 0 spiro atoms. The zero-order valence-corrected chi connectivity index (χ0v) is 11.2. The highest BCUT2D eigenvalue weighted by molar-refractivity contribution is 5.74. The van der Waals surface area contributed by atoms with Crippen molar-refractivity contribution < 1.29 is 9.90 Å². The highest BCUT2D eigenvalue weighted by atomic mass is 16.3. The number of rotatable bonds is 5. The van der Waals surface area contributed by atoms with E-state index in [2.05, 4.69) is 20.7 Å². The van der Waals surface area contributed by atoms with Crippen LogP contribution in [-0.4, -0.2) is 44.1 Å². The fraction of sp³-hybridized carbons (Fsp3) is 0.750. The Kier molecular flexibility index (Phi) is 4.36. The van der Waals surface area contributed by atoms with Crippen molar-refractivity contribution in [1.29, 1.82) is 0 Å². The maximum Gasteiger partial charge on any atom is 0.315 e. The van der Waals surface area contributed by atoms with Crippen LogP contribution in [0.3, 0.4) is 0 Å². The second kappa shape index (κ2) is 6.01. The van der Waals surface area contributed by atoms with Gasteiger partial charge in [-0.3, -0.25) is 4.68 Å². The number of carbonyl (C=O) groups is 1. The summed E-state index contributed by atoms with van der Waals surface area (Å²) in [6.45, 7) is 2.78. The molecule has 3 N–H and O–H groups in total. The van der Waals surface area contributed by atoms with Gasteiger partial charge >= 0.3 is 6.03 Å². The molecule has 7 nitrogen and oxygen atoms in total. The highest BCUT2D eigenvalue weighted by Crippen LogP contribution is 2.28. The van der Waals surface area contributed by atoms with Crippen molar-refractivity contribution in [2.45, 2.75) is 50.8 Å². The fourth-order valence-corrected chi connectivity index (χ4v) is 2.38. The van der Waals surface area contributed by atoms with Gasteiger partial charge in [0.2, 0.25) is 0 Å². The lowest BCUT2D eigenvalue weighted by molar-refractivity contribution is 0.0500. The van der Waals surface area contributed by atoms with Crippen LogP contribution in [0.4, 0.5) is 4.79 Å². The maximum absolute atomic E-state index is 11.7. The Morgan fingerprint density at radius 1 is 1.53 bits per heavy atom. The zero-order chi connectivity index (χ0) is 13.7. The molecule has 7 heteroatoms. The third kappa shape index (κ3) is 4.20. The number of nitrogens with zero attached hydrogens (tertiary/aromatic N) is 3. The number of aliphatic hydroxyl groups is 1. The molecule has 1 aliphatic carbocycles. The normalized spacial score (nSPS) is 19.1. The Morgan fingerprint density at radius 3 is 2.89 bits per heavy atom. The summed E-state index contributed by atoms with van der Waals surface area (Å²) >= 11 is 0. The van der Waals surface area contributed by atoms with Crippen molar-refractivity contribution in [2.24, 2.45) is 0 Å². The van der Waals surface area contributed by atoms with Gasteiger partial charge in [-0.25, -0.2) is 9.78 Å². The number of aromatic nitrogens is 3. The monoisotopic (exact) mass is 267 g/mol. The molecule has 0 radical (unpaired) electrons. The Bertz CT molecular complexity index is 400. The summed E-state index contributed by atoms with van der Waals surface area (Å²) in [4.78, 5) is 15.5. The average Bonchev–Trinajstić information content (AvgIpc) is 2.99. The van der Waals surface area contributed by atoms with E-state index in [0.29, 0.717) is 13.1 Å². The average molecular weight is 267 g/mol. The Hall–Kier alpha value is -1.63. The molecule has 1 unspecified atom stereocenters. The van der Waals surface area contributed by atoms with Gasteiger partial charge in [-0.1, -0.05) is 12.8 Å². The van der Waals surface area contributed by atoms with Crippen LogP contribution in [0.1, 0.15) is 32.6 Å². The standard InChI is InChI=1S/C12H21N5O2/c1-10(6-17-9-13-8-15-17)16-11(18)14-7-12(19)4-2-3-5-12/h8-10,19H,2-7H2,1H3,(H2,14,16,18). The number of urea groups is 1. The van der Waals surface area contributed by atoms with Crippen LogP contribution in [0.15, 0.2) is 12.7 Å². The van der Waals surface area contributed by atoms with Crippen molar-refractivity contribution in [2.75, 3.05) is 6.54 Å². The first-order valence-corrected chi connectivity index (χ1v) is 6.67. The van der Waals surface area contributed by atoms with Gasteiger partial charge in [0.1, 0.15) is 12.7 Å². The number of carbonyl (C=O) groups excluding carboxylic acids is 1. The number of amides is 2. The second-order valence-corrected chi connectivity index (χ2v) is 5.28. The van der Waals surface area contributed by atoms with E-state index in [-0.39, 0.29) is 12.1 Å². The lowest BCUT2D eigenvalue weighted by Crippen LogP contribution is -2.48. The van der Waals surface area contributed by atoms with Crippen LogP contribution < -0.4 is 10.6 Å². The number of nitrogens with one attached hydrogen (secondary N) is 2. The Balaban J connectivity index is 1.69. The first-order valence-electron chi connectivity index (χ1n) is 6.67.